The number of carbonyl (C=O) groups excluding carboxylic acids is 1. The Labute approximate surface area is 102 Å². The second-order valence-corrected chi connectivity index (χ2v) is 4.75. The largest absolute Gasteiger partial charge is 0.481 e. The van der Waals surface area contributed by atoms with Crippen molar-refractivity contribution >= 4 is 11.9 Å². The number of aliphatic carboxylic acids is 1. The first-order valence-electron chi connectivity index (χ1n) is 5.26. The number of amides is 1. The number of rotatable bonds is 2. The number of ether oxygens (including phenoxy) is 1. The minimum Gasteiger partial charge on any atom is -0.481 e. The van der Waals surface area contributed by atoms with Gasteiger partial charge in [-0.25, -0.2) is 0 Å². The lowest BCUT2D eigenvalue weighted by Crippen LogP contribution is -2.59. The third-order valence-electron chi connectivity index (χ3n) is 2.57. The number of alkyl halides is 3. The Kier molecular flexibility index (Phi) is 3.89. The van der Waals surface area contributed by atoms with Crippen molar-refractivity contribution in [1.82, 2.24) is 4.90 Å². The Morgan fingerprint density at radius 3 is 2.44 bits per heavy atom. The highest BCUT2D eigenvalue weighted by atomic mass is 19.4. The van der Waals surface area contributed by atoms with Crippen LogP contribution in [-0.2, 0) is 14.3 Å². The summed E-state index contributed by atoms with van der Waals surface area (Å²) in [5, 5.41) is 8.62. The van der Waals surface area contributed by atoms with Gasteiger partial charge in [-0.3, -0.25) is 9.59 Å². The van der Waals surface area contributed by atoms with Crippen LogP contribution < -0.4 is 0 Å². The lowest BCUT2D eigenvalue weighted by atomic mass is 10.0. The second kappa shape index (κ2) is 4.75. The van der Waals surface area contributed by atoms with Crippen molar-refractivity contribution in [3.8, 4) is 0 Å². The molecule has 1 atom stereocenters. The van der Waals surface area contributed by atoms with E-state index < -0.39 is 36.1 Å². The summed E-state index contributed by atoms with van der Waals surface area (Å²) < 4.78 is 42.5. The van der Waals surface area contributed by atoms with Crippen molar-refractivity contribution in [3.05, 3.63) is 0 Å². The normalized spacial score (nSPS) is 23.8. The summed E-state index contributed by atoms with van der Waals surface area (Å²) in [4.78, 5) is 22.4. The van der Waals surface area contributed by atoms with E-state index in [1.165, 1.54) is 0 Å². The molecule has 1 amide bonds. The minimum absolute atomic E-state index is 0.221. The van der Waals surface area contributed by atoms with Crippen molar-refractivity contribution in [1.29, 1.82) is 0 Å². The number of carboxylic acid groups (broad SMARTS) is 1. The van der Waals surface area contributed by atoms with Gasteiger partial charge in [0.1, 0.15) is 0 Å². The summed E-state index contributed by atoms with van der Waals surface area (Å²) in [6.45, 7) is 2.58. The highest BCUT2D eigenvalue weighted by Crippen LogP contribution is 2.27. The SMILES string of the molecule is CC1(C)CN(C(=O)C(F)(F)F)C(CC(=O)O)CO1. The van der Waals surface area contributed by atoms with E-state index in [9.17, 15) is 22.8 Å². The summed E-state index contributed by atoms with van der Waals surface area (Å²) in [7, 11) is 0. The van der Waals surface area contributed by atoms with Gasteiger partial charge >= 0.3 is 18.1 Å². The van der Waals surface area contributed by atoms with Crippen molar-refractivity contribution in [3.63, 3.8) is 0 Å². The predicted octanol–water partition coefficient (Wildman–Crippen LogP) is 1.03. The lowest BCUT2D eigenvalue weighted by molar-refractivity contribution is -0.202. The van der Waals surface area contributed by atoms with Crippen molar-refractivity contribution < 1.29 is 32.6 Å². The van der Waals surface area contributed by atoms with E-state index in [1.807, 2.05) is 0 Å². The standard InChI is InChI=1S/C10H14F3NO4/c1-9(2)5-14(8(17)10(11,12)13)6(4-18-9)3-7(15)16/h6H,3-5H2,1-2H3,(H,15,16). The van der Waals surface area contributed by atoms with Gasteiger partial charge in [0.2, 0.25) is 0 Å². The molecule has 0 bridgehead atoms. The van der Waals surface area contributed by atoms with Crippen LogP contribution in [0.4, 0.5) is 13.2 Å². The van der Waals surface area contributed by atoms with Gasteiger partial charge in [0.25, 0.3) is 0 Å². The topological polar surface area (TPSA) is 66.8 Å². The number of carbonyl (C=O) groups is 2. The van der Waals surface area contributed by atoms with Gasteiger partial charge < -0.3 is 14.7 Å². The lowest BCUT2D eigenvalue weighted by Gasteiger charge is -2.43. The van der Waals surface area contributed by atoms with E-state index in [1.54, 1.807) is 13.8 Å². The molecule has 5 nitrogen and oxygen atoms in total. The summed E-state index contributed by atoms with van der Waals surface area (Å²) in [6, 6.07) is -1.09. The number of nitrogens with zero attached hydrogens (tertiary/aromatic N) is 1. The van der Waals surface area contributed by atoms with Gasteiger partial charge in [-0.2, -0.15) is 13.2 Å². The van der Waals surface area contributed by atoms with Gasteiger partial charge in [0, 0.05) is 6.54 Å². The number of hydrogen-bond donors (Lipinski definition) is 1. The van der Waals surface area contributed by atoms with E-state index in [0.29, 0.717) is 4.90 Å². The molecule has 1 unspecified atom stereocenters. The van der Waals surface area contributed by atoms with Gasteiger partial charge in [-0.15, -0.1) is 0 Å². The number of morpholine rings is 1. The zero-order valence-corrected chi connectivity index (χ0v) is 9.95. The fourth-order valence-corrected chi connectivity index (χ4v) is 1.77. The van der Waals surface area contributed by atoms with Gasteiger partial charge in [0.15, 0.2) is 0 Å². The zero-order valence-electron chi connectivity index (χ0n) is 9.95. The van der Waals surface area contributed by atoms with Crippen LogP contribution in [0.15, 0.2) is 0 Å². The highest BCUT2D eigenvalue weighted by Gasteiger charge is 2.48. The number of carboxylic acids is 1. The third-order valence-corrected chi connectivity index (χ3v) is 2.57. The molecule has 0 radical (unpaired) electrons. The zero-order chi connectivity index (χ0) is 14.1. The van der Waals surface area contributed by atoms with Crippen LogP contribution in [0.3, 0.4) is 0 Å². The monoisotopic (exact) mass is 269 g/mol. The van der Waals surface area contributed by atoms with E-state index in [0.717, 1.165) is 0 Å². The fraction of sp³-hybridized carbons (Fsp3) is 0.800. The molecule has 1 N–H and O–H groups in total. The summed E-state index contributed by atoms with van der Waals surface area (Å²) in [5.41, 5.74) is -0.921. The van der Waals surface area contributed by atoms with E-state index in [-0.39, 0.29) is 13.2 Å². The first-order chi connectivity index (χ1) is 8.03. The summed E-state index contributed by atoms with van der Waals surface area (Å²) in [6.07, 6.45) is -5.58. The summed E-state index contributed by atoms with van der Waals surface area (Å²) in [5.74, 6) is -3.30. The number of hydrogen-bond acceptors (Lipinski definition) is 3. The molecule has 1 rings (SSSR count). The molecular weight excluding hydrogens is 255 g/mol. The van der Waals surface area contributed by atoms with Crippen LogP contribution >= 0.6 is 0 Å². The average molecular weight is 269 g/mol. The van der Waals surface area contributed by atoms with Crippen LogP contribution in [-0.4, -0.2) is 52.9 Å². The molecular formula is C10H14F3NO4. The quantitative estimate of drug-likeness (QED) is 0.813. The van der Waals surface area contributed by atoms with Gasteiger partial charge in [-0.1, -0.05) is 0 Å². The number of halogens is 3. The van der Waals surface area contributed by atoms with Crippen molar-refractivity contribution in [2.24, 2.45) is 0 Å². The van der Waals surface area contributed by atoms with Crippen LogP contribution in [0.25, 0.3) is 0 Å². The molecule has 104 valence electrons. The maximum absolute atomic E-state index is 12.4. The van der Waals surface area contributed by atoms with Crippen molar-refractivity contribution in [2.45, 2.75) is 38.1 Å². The van der Waals surface area contributed by atoms with Gasteiger partial charge in [0.05, 0.1) is 24.7 Å². The van der Waals surface area contributed by atoms with Crippen LogP contribution in [0.2, 0.25) is 0 Å². The van der Waals surface area contributed by atoms with Crippen LogP contribution in [0.1, 0.15) is 20.3 Å². The molecule has 1 fully saturated rings. The molecule has 8 heteroatoms. The molecule has 1 saturated heterocycles. The molecule has 1 heterocycles. The molecule has 0 aliphatic carbocycles. The van der Waals surface area contributed by atoms with Crippen LogP contribution in [0, 0.1) is 0 Å². The van der Waals surface area contributed by atoms with E-state index >= 15 is 0 Å². The molecule has 18 heavy (non-hydrogen) atoms. The van der Waals surface area contributed by atoms with Gasteiger partial charge in [-0.05, 0) is 13.8 Å². The molecule has 0 aromatic heterocycles. The third kappa shape index (κ3) is 3.59. The maximum Gasteiger partial charge on any atom is 0.471 e. The van der Waals surface area contributed by atoms with Crippen molar-refractivity contribution in [2.75, 3.05) is 13.2 Å². The smallest absolute Gasteiger partial charge is 0.471 e. The predicted molar refractivity (Wildman–Crippen MR) is 53.8 cm³/mol. The highest BCUT2D eigenvalue weighted by molar-refractivity contribution is 5.83. The molecule has 0 aromatic rings. The first kappa shape index (κ1) is 14.7. The van der Waals surface area contributed by atoms with E-state index in [2.05, 4.69) is 0 Å². The Hall–Kier alpha value is -1.31. The Morgan fingerprint density at radius 1 is 1.44 bits per heavy atom. The minimum atomic E-state index is -5.01. The van der Waals surface area contributed by atoms with E-state index in [4.69, 9.17) is 9.84 Å². The summed E-state index contributed by atoms with van der Waals surface area (Å²) >= 11 is 0. The maximum atomic E-state index is 12.4. The Morgan fingerprint density at radius 2 is 2.00 bits per heavy atom. The first-order valence-corrected chi connectivity index (χ1v) is 5.26. The second-order valence-electron chi connectivity index (χ2n) is 4.75. The fourth-order valence-electron chi connectivity index (χ4n) is 1.77. The average Bonchev–Trinajstić information content (AvgIpc) is 2.17. The van der Waals surface area contributed by atoms with Crippen LogP contribution in [0.5, 0.6) is 0 Å². The molecule has 1 aliphatic rings. The Balaban J connectivity index is 2.91. The Bertz CT molecular complexity index is 354. The molecule has 0 aromatic carbocycles. The molecule has 0 spiro atoms. The molecule has 1 aliphatic heterocycles. The molecule has 0 saturated carbocycles.